The van der Waals surface area contributed by atoms with Crippen LogP contribution in [-0.4, -0.2) is 43.6 Å². The van der Waals surface area contributed by atoms with Crippen molar-refractivity contribution < 1.29 is 45.2 Å². The van der Waals surface area contributed by atoms with Crippen LogP contribution in [0, 0.1) is 23.3 Å². The molecule has 6 nitrogen and oxygen atoms in total. The van der Waals surface area contributed by atoms with Gasteiger partial charge in [-0.15, -0.1) is 5.12 Å². The van der Waals surface area contributed by atoms with E-state index in [9.17, 15) is 31.6 Å². The van der Waals surface area contributed by atoms with Crippen LogP contribution in [0.5, 0.6) is 5.75 Å². The summed E-state index contributed by atoms with van der Waals surface area (Å²) in [4.78, 5) is 22.1. The SMILES string of the molecule is CC(C)O[Si](O)(CCCCN(F)C(=O)Oc1cc(F)c(F)c(F)c1F)OC(C)C. The molecule has 1 aromatic rings. The molecule has 1 amide bonds. The summed E-state index contributed by atoms with van der Waals surface area (Å²) >= 11 is 0. The maximum atomic E-state index is 13.8. The fourth-order valence-electron chi connectivity index (χ4n) is 2.34. The number of benzene rings is 1. The summed E-state index contributed by atoms with van der Waals surface area (Å²) in [6, 6.07) is 0.201. The lowest BCUT2D eigenvalue weighted by Crippen LogP contribution is -2.46. The molecule has 0 saturated heterocycles. The van der Waals surface area contributed by atoms with Crippen molar-refractivity contribution in [3.8, 4) is 5.75 Å². The Kier molecular flexibility index (Phi) is 9.46. The summed E-state index contributed by atoms with van der Waals surface area (Å²) in [6.45, 7) is 6.38. The number of amides is 1. The van der Waals surface area contributed by atoms with E-state index in [4.69, 9.17) is 8.85 Å². The van der Waals surface area contributed by atoms with E-state index in [0.717, 1.165) is 0 Å². The zero-order valence-electron chi connectivity index (χ0n) is 16.5. The van der Waals surface area contributed by atoms with Crippen LogP contribution in [0.4, 0.5) is 26.8 Å². The van der Waals surface area contributed by atoms with Gasteiger partial charge in [0.2, 0.25) is 11.6 Å². The average molecular weight is 445 g/mol. The van der Waals surface area contributed by atoms with Crippen molar-refractivity contribution in [3.63, 3.8) is 0 Å². The van der Waals surface area contributed by atoms with Crippen LogP contribution in [0.3, 0.4) is 0 Å². The molecule has 0 aliphatic heterocycles. The van der Waals surface area contributed by atoms with Crippen LogP contribution in [0.15, 0.2) is 6.07 Å². The van der Waals surface area contributed by atoms with Crippen LogP contribution in [0.25, 0.3) is 0 Å². The van der Waals surface area contributed by atoms with Crippen molar-refractivity contribution in [1.29, 1.82) is 0 Å². The molecule has 0 aliphatic rings. The van der Waals surface area contributed by atoms with Gasteiger partial charge in [-0.3, -0.25) is 0 Å². The molecule has 0 saturated carbocycles. The van der Waals surface area contributed by atoms with Gasteiger partial charge < -0.3 is 18.4 Å². The normalized spacial score (nSPS) is 12.0. The Morgan fingerprint density at radius 3 is 2.10 bits per heavy atom. The minimum atomic E-state index is -3.49. The maximum Gasteiger partial charge on any atom is 0.498 e. The third-order valence-electron chi connectivity index (χ3n) is 3.40. The first-order valence-corrected chi connectivity index (χ1v) is 10.9. The van der Waals surface area contributed by atoms with E-state index in [1.54, 1.807) is 27.7 Å². The van der Waals surface area contributed by atoms with Gasteiger partial charge >= 0.3 is 14.9 Å². The first-order chi connectivity index (χ1) is 13.4. The Morgan fingerprint density at radius 1 is 1.03 bits per heavy atom. The quantitative estimate of drug-likeness (QED) is 0.144. The van der Waals surface area contributed by atoms with Crippen molar-refractivity contribution in [3.05, 3.63) is 29.3 Å². The second-order valence-corrected chi connectivity index (χ2v) is 9.15. The molecule has 12 heteroatoms. The van der Waals surface area contributed by atoms with Crippen molar-refractivity contribution in [2.45, 2.75) is 58.8 Å². The molecule has 166 valence electrons. The summed E-state index contributed by atoms with van der Waals surface area (Å²) in [7, 11) is -3.49. The van der Waals surface area contributed by atoms with Crippen LogP contribution in [0.2, 0.25) is 6.04 Å². The maximum absolute atomic E-state index is 13.8. The van der Waals surface area contributed by atoms with Crippen LogP contribution >= 0.6 is 0 Å². The average Bonchev–Trinajstić information content (AvgIpc) is 2.59. The Hall–Kier alpha value is -1.76. The minimum absolute atomic E-state index is 0.0540. The molecule has 0 radical (unpaired) electrons. The van der Waals surface area contributed by atoms with Crippen LogP contribution in [0.1, 0.15) is 40.5 Å². The highest BCUT2D eigenvalue weighted by atomic mass is 28.4. The molecule has 0 atom stereocenters. The molecule has 1 N–H and O–H groups in total. The molecule has 0 bridgehead atoms. The fraction of sp³-hybridized carbons (Fsp3) is 0.588. The van der Waals surface area contributed by atoms with E-state index in [1.165, 1.54) is 0 Å². The van der Waals surface area contributed by atoms with E-state index >= 15 is 0 Å². The van der Waals surface area contributed by atoms with Crippen molar-refractivity contribution in [2.75, 3.05) is 6.54 Å². The minimum Gasteiger partial charge on any atom is -0.405 e. The number of rotatable bonds is 10. The molecule has 0 unspecified atom stereocenters. The topological polar surface area (TPSA) is 68.2 Å². The molecule has 0 aliphatic carbocycles. The fourth-order valence-corrected chi connectivity index (χ4v) is 4.80. The largest absolute Gasteiger partial charge is 0.498 e. The highest BCUT2D eigenvalue weighted by Gasteiger charge is 2.38. The molecule has 1 rings (SSSR count). The Balaban J connectivity index is 2.58. The number of halogens is 5. The monoisotopic (exact) mass is 445 g/mol. The Labute approximate surface area is 166 Å². The first kappa shape index (κ1) is 25.3. The third-order valence-corrected chi connectivity index (χ3v) is 6.07. The highest BCUT2D eigenvalue weighted by Crippen LogP contribution is 2.25. The van der Waals surface area contributed by atoms with Gasteiger partial charge in [-0.05, 0) is 40.5 Å². The molecule has 1 aromatic carbocycles. The van der Waals surface area contributed by atoms with Gasteiger partial charge in [-0.25, -0.2) is 18.0 Å². The molecular formula is C17H24F5NO5Si. The highest BCUT2D eigenvalue weighted by molar-refractivity contribution is 6.59. The van der Waals surface area contributed by atoms with E-state index in [-0.39, 0.29) is 37.2 Å². The van der Waals surface area contributed by atoms with Crippen molar-refractivity contribution >= 4 is 14.9 Å². The van der Waals surface area contributed by atoms with Gasteiger partial charge in [0.1, 0.15) is 0 Å². The number of carbonyl (C=O) groups is 1. The van der Waals surface area contributed by atoms with Crippen LogP contribution < -0.4 is 4.74 Å². The molecule has 0 heterocycles. The molecule has 0 aromatic heterocycles. The number of carbonyl (C=O) groups excluding carboxylic acids is 1. The number of hydrogen-bond donors (Lipinski definition) is 1. The number of unbranched alkanes of at least 4 members (excludes halogenated alkanes) is 1. The van der Waals surface area contributed by atoms with Crippen molar-refractivity contribution in [2.24, 2.45) is 0 Å². The van der Waals surface area contributed by atoms with Gasteiger partial charge in [0.05, 0.1) is 6.54 Å². The lowest BCUT2D eigenvalue weighted by Gasteiger charge is -2.28. The summed E-state index contributed by atoms with van der Waals surface area (Å²) < 4.78 is 81.5. The van der Waals surface area contributed by atoms with Gasteiger partial charge in [0.25, 0.3) is 0 Å². The Bertz CT molecular complexity index is 697. The molecule has 0 spiro atoms. The van der Waals surface area contributed by atoms with E-state index < -0.39 is 55.6 Å². The lowest BCUT2D eigenvalue weighted by atomic mass is 10.3. The van der Waals surface area contributed by atoms with Crippen LogP contribution in [-0.2, 0) is 8.85 Å². The van der Waals surface area contributed by atoms with Gasteiger partial charge in [0, 0.05) is 24.3 Å². The molecule has 0 fully saturated rings. The zero-order valence-corrected chi connectivity index (χ0v) is 17.5. The third kappa shape index (κ3) is 7.88. The van der Waals surface area contributed by atoms with E-state index in [0.29, 0.717) is 0 Å². The van der Waals surface area contributed by atoms with E-state index in [1.807, 2.05) is 0 Å². The first-order valence-electron chi connectivity index (χ1n) is 8.92. The number of hydrogen-bond acceptors (Lipinski definition) is 5. The van der Waals surface area contributed by atoms with Gasteiger partial charge in [0.15, 0.2) is 17.4 Å². The smallest absolute Gasteiger partial charge is 0.405 e. The molecule has 29 heavy (non-hydrogen) atoms. The summed E-state index contributed by atoms with van der Waals surface area (Å²) in [5.41, 5.74) is 0. The Morgan fingerprint density at radius 2 is 1.59 bits per heavy atom. The van der Waals surface area contributed by atoms with Gasteiger partial charge in [-0.2, -0.15) is 4.39 Å². The van der Waals surface area contributed by atoms with Gasteiger partial charge in [-0.1, -0.05) is 4.48 Å². The lowest BCUT2D eigenvalue weighted by molar-refractivity contribution is 0.0328. The van der Waals surface area contributed by atoms with E-state index in [2.05, 4.69) is 4.74 Å². The summed E-state index contributed by atoms with van der Waals surface area (Å²) in [5.74, 6) is -9.30. The molecular weight excluding hydrogens is 421 g/mol. The number of ether oxygens (including phenoxy) is 1. The zero-order chi connectivity index (χ0) is 22.4. The number of nitrogens with zero attached hydrogens (tertiary/aromatic N) is 1. The summed E-state index contributed by atoms with van der Waals surface area (Å²) in [6.07, 6.45) is -2.03. The van der Waals surface area contributed by atoms with Crippen molar-refractivity contribution in [1.82, 2.24) is 5.12 Å². The standard InChI is InChI=1S/C17H24F5NO5Si/c1-10(2)27-29(25,28-11(3)4)8-6-5-7-23(22)17(24)26-13-9-12(18)14(19)16(21)15(13)20/h9-11,25H,5-8H2,1-4H3. The second-order valence-electron chi connectivity index (χ2n) is 6.76. The predicted molar refractivity (Wildman–Crippen MR) is 94.6 cm³/mol. The predicted octanol–water partition coefficient (Wildman–Crippen LogP) is 4.49. The second kappa shape index (κ2) is 10.9. The summed E-state index contributed by atoms with van der Waals surface area (Å²) in [5, 5.41) is -0.439.